The number of nitrogens with one attached hydrogen (secondary N) is 1. The lowest BCUT2D eigenvalue weighted by Gasteiger charge is -2.24. The smallest absolute Gasteiger partial charge is 0.305 e. The second-order valence-electron chi connectivity index (χ2n) is 9.62. The van der Waals surface area contributed by atoms with Gasteiger partial charge in [-0.05, 0) is 59.0 Å². The molecule has 0 fully saturated rings. The molecule has 0 saturated heterocycles. The topological polar surface area (TPSA) is 105 Å². The fourth-order valence-corrected chi connectivity index (χ4v) is 4.74. The third kappa shape index (κ3) is 7.54. The van der Waals surface area contributed by atoms with Crippen molar-refractivity contribution in [3.05, 3.63) is 119 Å². The molecule has 8 heteroatoms. The SMILES string of the molecule is COc1ccc(OC)c(CCN(CCC(=O)O)C(=O)c2ccccc2-c2ccccc2C(=O)NCc2ccccc2)c1. The molecule has 0 radical (unpaired) electrons. The van der Waals surface area contributed by atoms with Crippen molar-refractivity contribution in [3.63, 3.8) is 0 Å². The number of nitrogens with zero attached hydrogens (tertiary/aromatic N) is 1. The van der Waals surface area contributed by atoms with E-state index in [1.165, 1.54) is 4.90 Å². The fraction of sp³-hybridized carbons (Fsp3) is 0.206. The Morgan fingerprint density at radius 3 is 2.07 bits per heavy atom. The zero-order chi connectivity index (χ0) is 29.9. The molecule has 0 atom stereocenters. The van der Waals surface area contributed by atoms with Crippen LogP contribution in [0.2, 0.25) is 0 Å². The minimum Gasteiger partial charge on any atom is -0.497 e. The average Bonchev–Trinajstić information content (AvgIpc) is 3.03. The molecule has 0 aliphatic rings. The Kier molecular flexibility index (Phi) is 10.3. The predicted octanol–water partition coefficient (Wildman–Crippen LogP) is 5.46. The summed E-state index contributed by atoms with van der Waals surface area (Å²) in [6.07, 6.45) is 0.216. The zero-order valence-corrected chi connectivity index (χ0v) is 23.7. The number of carbonyl (C=O) groups is 3. The molecule has 42 heavy (non-hydrogen) atoms. The molecule has 8 nitrogen and oxygen atoms in total. The van der Waals surface area contributed by atoms with Gasteiger partial charge in [0.15, 0.2) is 0 Å². The first kappa shape index (κ1) is 29.9. The Morgan fingerprint density at radius 1 is 0.762 bits per heavy atom. The van der Waals surface area contributed by atoms with Gasteiger partial charge in [-0.15, -0.1) is 0 Å². The summed E-state index contributed by atoms with van der Waals surface area (Å²) in [7, 11) is 3.15. The number of carboxylic acids is 1. The number of ether oxygens (including phenoxy) is 2. The van der Waals surface area contributed by atoms with Crippen LogP contribution in [0.1, 0.15) is 38.3 Å². The molecule has 0 aromatic heterocycles. The average molecular weight is 567 g/mol. The highest BCUT2D eigenvalue weighted by Crippen LogP contribution is 2.29. The van der Waals surface area contributed by atoms with Crippen LogP contribution in [0.5, 0.6) is 11.5 Å². The van der Waals surface area contributed by atoms with E-state index in [0.29, 0.717) is 46.7 Å². The number of amides is 2. The van der Waals surface area contributed by atoms with E-state index in [1.54, 1.807) is 56.7 Å². The predicted molar refractivity (Wildman–Crippen MR) is 161 cm³/mol. The molecule has 0 heterocycles. The van der Waals surface area contributed by atoms with Crippen molar-refractivity contribution in [2.24, 2.45) is 0 Å². The van der Waals surface area contributed by atoms with Crippen molar-refractivity contribution in [1.29, 1.82) is 0 Å². The van der Waals surface area contributed by atoms with Crippen molar-refractivity contribution in [2.45, 2.75) is 19.4 Å². The van der Waals surface area contributed by atoms with Crippen LogP contribution in [0.3, 0.4) is 0 Å². The molecule has 0 saturated carbocycles. The minimum atomic E-state index is -1.000. The Labute approximate surface area is 245 Å². The molecule has 2 amide bonds. The molecule has 4 rings (SSSR count). The van der Waals surface area contributed by atoms with E-state index in [2.05, 4.69) is 5.32 Å². The van der Waals surface area contributed by atoms with Crippen LogP contribution in [0, 0.1) is 0 Å². The lowest BCUT2D eigenvalue weighted by Crippen LogP contribution is -2.35. The number of carboxylic acid groups (broad SMARTS) is 1. The molecule has 4 aromatic rings. The maximum atomic E-state index is 14.0. The molecular weight excluding hydrogens is 532 g/mol. The molecule has 2 N–H and O–H groups in total. The third-order valence-corrected chi connectivity index (χ3v) is 6.94. The van der Waals surface area contributed by atoms with Crippen LogP contribution in [0.15, 0.2) is 97.1 Å². The Bertz CT molecular complexity index is 1540. The summed E-state index contributed by atoms with van der Waals surface area (Å²) in [6, 6.07) is 29.3. The number of carbonyl (C=O) groups excluding carboxylic acids is 2. The zero-order valence-electron chi connectivity index (χ0n) is 23.7. The standard InChI is InChI=1S/C34H34N2O6/c1-41-26-16-17-31(42-2)25(22-26)18-20-36(21-19-32(37)38)34(40)30-15-9-7-13-28(30)27-12-6-8-14-29(27)33(39)35-23-24-10-4-3-5-11-24/h3-17,22H,18-21,23H2,1-2H3,(H,35,39)(H,37,38). The fourth-order valence-electron chi connectivity index (χ4n) is 4.74. The van der Waals surface area contributed by atoms with Gasteiger partial charge in [0.25, 0.3) is 11.8 Å². The Balaban J connectivity index is 1.62. The summed E-state index contributed by atoms with van der Waals surface area (Å²) in [5, 5.41) is 12.4. The van der Waals surface area contributed by atoms with E-state index in [9.17, 15) is 19.5 Å². The molecule has 0 aliphatic carbocycles. The molecule has 0 aliphatic heterocycles. The second-order valence-corrected chi connectivity index (χ2v) is 9.62. The molecule has 216 valence electrons. The summed E-state index contributed by atoms with van der Waals surface area (Å²) in [5.41, 5.74) is 3.82. The summed E-state index contributed by atoms with van der Waals surface area (Å²) in [4.78, 5) is 40.3. The summed E-state index contributed by atoms with van der Waals surface area (Å²) in [6.45, 7) is 0.641. The van der Waals surface area contributed by atoms with Crippen molar-refractivity contribution >= 4 is 17.8 Å². The van der Waals surface area contributed by atoms with E-state index in [4.69, 9.17) is 9.47 Å². The normalized spacial score (nSPS) is 10.5. The maximum absolute atomic E-state index is 14.0. The maximum Gasteiger partial charge on any atom is 0.305 e. The number of rotatable bonds is 13. The number of hydrogen-bond acceptors (Lipinski definition) is 5. The van der Waals surface area contributed by atoms with Gasteiger partial charge >= 0.3 is 5.97 Å². The minimum absolute atomic E-state index is 0.0218. The van der Waals surface area contributed by atoms with Crippen LogP contribution >= 0.6 is 0 Å². The van der Waals surface area contributed by atoms with Crippen molar-refractivity contribution in [1.82, 2.24) is 10.2 Å². The van der Waals surface area contributed by atoms with E-state index in [0.717, 1.165) is 11.1 Å². The number of hydrogen-bond donors (Lipinski definition) is 2. The van der Waals surface area contributed by atoms with E-state index < -0.39 is 5.97 Å². The van der Waals surface area contributed by atoms with Gasteiger partial charge in [0.05, 0.1) is 20.6 Å². The molecular formula is C34H34N2O6. The molecule has 0 spiro atoms. The number of benzene rings is 4. The lowest BCUT2D eigenvalue weighted by atomic mass is 9.94. The number of aliphatic carboxylic acids is 1. The van der Waals surface area contributed by atoms with Gasteiger partial charge in [-0.1, -0.05) is 66.7 Å². The van der Waals surface area contributed by atoms with Crippen LogP contribution in [0.4, 0.5) is 0 Å². The van der Waals surface area contributed by atoms with Crippen molar-refractivity contribution in [2.75, 3.05) is 27.3 Å². The highest BCUT2D eigenvalue weighted by Gasteiger charge is 2.23. The van der Waals surface area contributed by atoms with Crippen LogP contribution in [-0.2, 0) is 17.8 Å². The van der Waals surface area contributed by atoms with Crippen LogP contribution in [0.25, 0.3) is 11.1 Å². The largest absolute Gasteiger partial charge is 0.497 e. The molecule has 0 unspecified atom stereocenters. The first-order chi connectivity index (χ1) is 20.4. The first-order valence-corrected chi connectivity index (χ1v) is 13.6. The van der Waals surface area contributed by atoms with Gasteiger partial charge < -0.3 is 24.8 Å². The number of methoxy groups -OCH3 is 2. The monoisotopic (exact) mass is 566 g/mol. The molecule has 0 bridgehead atoms. The second kappa shape index (κ2) is 14.5. The highest BCUT2D eigenvalue weighted by atomic mass is 16.5. The van der Waals surface area contributed by atoms with E-state index in [-0.39, 0.29) is 31.3 Å². The summed E-state index contributed by atoms with van der Waals surface area (Å²) < 4.78 is 10.8. The van der Waals surface area contributed by atoms with E-state index >= 15 is 0 Å². The third-order valence-electron chi connectivity index (χ3n) is 6.94. The van der Waals surface area contributed by atoms with Crippen molar-refractivity contribution < 1.29 is 29.0 Å². The highest BCUT2D eigenvalue weighted by molar-refractivity contribution is 6.06. The van der Waals surface area contributed by atoms with E-state index in [1.807, 2.05) is 54.6 Å². The van der Waals surface area contributed by atoms with Gasteiger partial charge in [-0.2, -0.15) is 0 Å². The summed E-state index contributed by atoms with van der Waals surface area (Å²) in [5.74, 6) is -0.280. The summed E-state index contributed by atoms with van der Waals surface area (Å²) >= 11 is 0. The lowest BCUT2D eigenvalue weighted by molar-refractivity contribution is -0.137. The van der Waals surface area contributed by atoms with Gasteiger partial charge in [0.2, 0.25) is 0 Å². The first-order valence-electron chi connectivity index (χ1n) is 13.6. The van der Waals surface area contributed by atoms with Crippen molar-refractivity contribution in [3.8, 4) is 22.6 Å². The Morgan fingerprint density at radius 2 is 1.40 bits per heavy atom. The van der Waals surface area contributed by atoms with Gasteiger partial charge in [-0.25, -0.2) is 0 Å². The quantitative estimate of drug-likeness (QED) is 0.223. The van der Waals surface area contributed by atoms with Crippen LogP contribution in [-0.4, -0.2) is 55.1 Å². The van der Waals surface area contributed by atoms with Gasteiger partial charge in [0, 0.05) is 30.8 Å². The van der Waals surface area contributed by atoms with Gasteiger partial charge in [-0.3, -0.25) is 14.4 Å². The molecule has 4 aromatic carbocycles. The van der Waals surface area contributed by atoms with Crippen LogP contribution < -0.4 is 14.8 Å². The Hall–Kier alpha value is -5.11. The van der Waals surface area contributed by atoms with Gasteiger partial charge in [0.1, 0.15) is 11.5 Å².